The molecule has 3 heterocycles. The fourth-order valence-corrected chi connectivity index (χ4v) is 6.55. The van der Waals surface area contributed by atoms with Gasteiger partial charge in [0.05, 0.1) is 23.0 Å². The molecule has 0 aliphatic carbocycles. The molecule has 3 aromatic carbocycles. The normalized spacial score (nSPS) is 12.6. The Bertz CT molecular complexity index is 2000. The molecule has 1 aliphatic heterocycles. The Balaban J connectivity index is 1.09. The van der Waals surface area contributed by atoms with E-state index in [1.807, 2.05) is 87.5 Å². The number of amides is 2. The van der Waals surface area contributed by atoms with Gasteiger partial charge in [0.25, 0.3) is 0 Å². The minimum Gasteiger partial charge on any atom is -0.490 e. The average Bonchev–Trinajstić information content (AvgIpc) is 3.54. The number of anilines is 2. The van der Waals surface area contributed by atoms with Gasteiger partial charge in [0.1, 0.15) is 24.6 Å². The van der Waals surface area contributed by atoms with Crippen LogP contribution in [0.15, 0.2) is 78.9 Å². The molecule has 0 saturated carbocycles. The SMILES string of the molecule is COC(=O)c1nc(-c2ccc3c(c2)N(C(=O)Nc2nc4ccccc4s2)CCC3)ccc1OCCOc1ccc(CCC(=O)OC(C)(C)C)cc1. The van der Waals surface area contributed by atoms with Crippen molar-refractivity contribution in [3.63, 3.8) is 0 Å². The molecule has 0 atom stereocenters. The summed E-state index contributed by atoms with van der Waals surface area (Å²) in [5.74, 6) is 0.0483. The number of benzene rings is 3. The van der Waals surface area contributed by atoms with Crippen molar-refractivity contribution in [2.24, 2.45) is 0 Å². The highest BCUT2D eigenvalue weighted by atomic mass is 32.1. The van der Waals surface area contributed by atoms with E-state index in [4.69, 9.17) is 18.9 Å². The van der Waals surface area contributed by atoms with Crippen LogP contribution in [0.3, 0.4) is 0 Å². The highest BCUT2D eigenvalue weighted by molar-refractivity contribution is 7.22. The van der Waals surface area contributed by atoms with Gasteiger partial charge < -0.3 is 18.9 Å². The number of carbonyl (C=O) groups excluding carboxylic acids is 3. The molecule has 51 heavy (non-hydrogen) atoms. The van der Waals surface area contributed by atoms with Crippen molar-refractivity contribution < 1.29 is 33.3 Å². The molecular weight excluding hydrogens is 669 g/mol. The second-order valence-electron chi connectivity index (χ2n) is 13.0. The van der Waals surface area contributed by atoms with Crippen molar-refractivity contribution in [1.82, 2.24) is 9.97 Å². The van der Waals surface area contributed by atoms with Crippen LogP contribution in [-0.2, 0) is 27.1 Å². The predicted molar refractivity (Wildman–Crippen MR) is 197 cm³/mol. The summed E-state index contributed by atoms with van der Waals surface area (Å²) in [7, 11) is 1.29. The molecule has 0 spiro atoms. The van der Waals surface area contributed by atoms with Gasteiger partial charge in [-0.3, -0.25) is 15.0 Å². The number of aromatic nitrogens is 2. The minimum absolute atomic E-state index is 0.0347. The van der Waals surface area contributed by atoms with E-state index in [1.54, 1.807) is 17.0 Å². The van der Waals surface area contributed by atoms with Gasteiger partial charge in [-0.15, -0.1) is 0 Å². The van der Waals surface area contributed by atoms with Crippen molar-refractivity contribution in [3.8, 4) is 22.8 Å². The summed E-state index contributed by atoms with van der Waals surface area (Å²) in [5.41, 5.74) is 4.47. The Morgan fingerprint density at radius 2 is 1.71 bits per heavy atom. The van der Waals surface area contributed by atoms with Crippen LogP contribution in [0.5, 0.6) is 11.5 Å². The van der Waals surface area contributed by atoms with Crippen LogP contribution in [-0.4, -0.2) is 60.4 Å². The molecule has 1 aliphatic rings. The molecule has 2 aromatic heterocycles. The molecule has 12 heteroatoms. The van der Waals surface area contributed by atoms with Gasteiger partial charge in [-0.25, -0.2) is 19.6 Å². The van der Waals surface area contributed by atoms with E-state index in [1.165, 1.54) is 18.4 Å². The minimum atomic E-state index is -0.635. The largest absolute Gasteiger partial charge is 0.490 e. The Kier molecular flexibility index (Phi) is 10.8. The summed E-state index contributed by atoms with van der Waals surface area (Å²) in [5, 5.41) is 3.51. The van der Waals surface area contributed by atoms with Crippen molar-refractivity contribution >= 4 is 50.3 Å². The molecule has 6 rings (SSSR count). The average molecular weight is 709 g/mol. The number of urea groups is 1. The second kappa shape index (κ2) is 15.6. The van der Waals surface area contributed by atoms with Crippen molar-refractivity contribution in [1.29, 1.82) is 0 Å². The van der Waals surface area contributed by atoms with Gasteiger partial charge in [0.15, 0.2) is 16.6 Å². The molecule has 0 fully saturated rings. The summed E-state index contributed by atoms with van der Waals surface area (Å²) < 4.78 is 23.1. The number of aryl methyl sites for hydroxylation is 2. The molecule has 264 valence electrons. The summed E-state index contributed by atoms with van der Waals surface area (Å²) in [4.78, 5) is 49.2. The first kappa shape index (κ1) is 35.3. The fraction of sp³-hybridized carbons (Fsp3) is 0.308. The number of pyridine rings is 1. The molecule has 5 aromatic rings. The van der Waals surface area contributed by atoms with Gasteiger partial charge in [0, 0.05) is 24.2 Å². The highest BCUT2D eigenvalue weighted by Crippen LogP contribution is 2.34. The number of nitrogens with zero attached hydrogens (tertiary/aromatic N) is 3. The van der Waals surface area contributed by atoms with Crippen LogP contribution in [0.2, 0.25) is 0 Å². The number of rotatable bonds is 11. The molecule has 0 unspecified atom stereocenters. The first-order valence-electron chi connectivity index (χ1n) is 16.8. The zero-order valence-corrected chi connectivity index (χ0v) is 29.9. The number of methoxy groups -OCH3 is 1. The van der Waals surface area contributed by atoms with Gasteiger partial charge in [-0.1, -0.05) is 47.7 Å². The lowest BCUT2D eigenvalue weighted by Crippen LogP contribution is -2.38. The summed E-state index contributed by atoms with van der Waals surface area (Å²) in [6, 6.07) is 24.3. The molecule has 0 saturated heterocycles. The number of para-hydroxylation sites is 1. The number of hydrogen-bond acceptors (Lipinski definition) is 10. The summed E-state index contributed by atoms with van der Waals surface area (Å²) in [6.07, 6.45) is 2.55. The monoisotopic (exact) mass is 708 g/mol. The third-order valence-corrected chi connectivity index (χ3v) is 9.01. The zero-order valence-electron chi connectivity index (χ0n) is 29.1. The maximum Gasteiger partial charge on any atom is 0.360 e. The van der Waals surface area contributed by atoms with Crippen molar-refractivity contribution in [2.45, 2.75) is 52.1 Å². The molecule has 11 nitrogen and oxygen atoms in total. The Morgan fingerprint density at radius 3 is 2.47 bits per heavy atom. The smallest absolute Gasteiger partial charge is 0.360 e. The van der Waals surface area contributed by atoms with Gasteiger partial charge in [-0.05, 0) is 93.6 Å². The van der Waals surface area contributed by atoms with Crippen LogP contribution in [0.1, 0.15) is 55.2 Å². The van der Waals surface area contributed by atoms with Crippen molar-refractivity contribution in [3.05, 3.63) is 95.7 Å². The summed E-state index contributed by atoms with van der Waals surface area (Å²) in [6.45, 7) is 6.48. The molecule has 2 amide bonds. The van der Waals surface area contributed by atoms with E-state index in [-0.39, 0.29) is 36.7 Å². The topological polar surface area (TPSA) is 129 Å². The number of nitrogens with one attached hydrogen (secondary N) is 1. The van der Waals surface area contributed by atoms with Crippen LogP contribution in [0, 0.1) is 0 Å². The second-order valence-corrected chi connectivity index (χ2v) is 14.0. The summed E-state index contributed by atoms with van der Waals surface area (Å²) >= 11 is 1.43. The van der Waals surface area contributed by atoms with E-state index in [9.17, 15) is 14.4 Å². The lowest BCUT2D eigenvalue weighted by molar-refractivity contribution is -0.154. The first-order valence-corrected chi connectivity index (χ1v) is 17.6. The van der Waals surface area contributed by atoms with Gasteiger partial charge in [0.2, 0.25) is 0 Å². The molecule has 0 radical (unpaired) electrons. The maximum absolute atomic E-state index is 13.5. The number of hydrogen-bond donors (Lipinski definition) is 1. The Morgan fingerprint density at radius 1 is 0.922 bits per heavy atom. The lowest BCUT2D eigenvalue weighted by atomic mass is 9.98. The van der Waals surface area contributed by atoms with E-state index >= 15 is 0 Å². The van der Waals surface area contributed by atoms with Crippen LogP contribution in [0.25, 0.3) is 21.5 Å². The Labute approximate surface area is 300 Å². The molecule has 1 N–H and O–H groups in total. The van der Waals surface area contributed by atoms with E-state index < -0.39 is 11.6 Å². The number of ether oxygens (including phenoxy) is 4. The lowest BCUT2D eigenvalue weighted by Gasteiger charge is -2.29. The van der Waals surface area contributed by atoms with E-state index in [0.717, 1.165) is 45.4 Å². The van der Waals surface area contributed by atoms with E-state index in [0.29, 0.717) is 36.0 Å². The third-order valence-electron chi connectivity index (χ3n) is 8.06. The van der Waals surface area contributed by atoms with Crippen LogP contribution in [0.4, 0.5) is 15.6 Å². The van der Waals surface area contributed by atoms with Crippen LogP contribution < -0.4 is 19.7 Å². The van der Waals surface area contributed by atoms with Gasteiger partial charge >= 0.3 is 18.0 Å². The first-order chi connectivity index (χ1) is 24.6. The van der Waals surface area contributed by atoms with E-state index in [2.05, 4.69) is 15.3 Å². The molecule has 0 bridgehead atoms. The third kappa shape index (κ3) is 9.01. The Hall–Kier alpha value is -5.49. The van der Waals surface area contributed by atoms with Crippen LogP contribution >= 0.6 is 11.3 Å². The number of carbonyl (C=O) groups is 3. The highest BCUT2D eigenvalue weighted by Gasteiger charge is 2.25. The zero-order chi connectivity index (χ0) is 36.0. The predicted octanol–water partition coefficient (Wildman–Crippen LogP) is 7.86. The maximum atomic E-state index is 13.5. The number of thiazole rings is 1. The standard InChI is InChI=1S/C39H40N4O7S/c1-39(2,3)50-34(44)20-13-25-11-16-28(17-12-25)48-22-23-49-32-19-18-29(40-35(32)36(45)47-4)27-15-14-26-8-7-21-43(31(26)24-27)38(46)42-37-41-30-9-5-6-10-33(30)51-37/h5-6,9-12,14-19,24H,7-8,13,20-23H2,1-4H3,(H,41,42,46). The fourth-order valence-electron chi connectivity index (χ4n) is 5.70. The van der Waals surface area contributed by atoms with Gasteiger partial charge in [-0.2, -0.15) is 0 Å². The molecular formula is C39H40N4O7S. The van der Waals surface area contributed by atoms with Crippen molar-refractivity contribution in [2.75, 3.05) is 37.1 Å². The number of fused-ring (bicyclic) bond motifs is 2. The quantitative estimate of drug-likeness (QED) is 0.108. The number of esters is 2.